The molecule has 94 valence electrons. The molecule has 0 aliphatic rings. The molecular weight excluding hydrogens is 214 g/mol. The summed E-state index contributed by atoms with van der Waals surface area (Å²) in [5.74, 6) is 0. The minimum Gasteiger partial charge on any atom is -0.379 e. The van der Waals surface area contributed by atoms with E-state index in [9.17, 15) is 0 Å². The summed E-state index contributed by atoms with van der Waals surface area (Å²) in [6.45, 7) is 0.732. The van der Waals surface area contributed by atoms with Crippen LogP contribution >= 0.6 is 0 Å². The van der Waals surface area contributed by atoms with Crippen molar-refractivity contribution in [1.29, 1.82) is 0 Å². The van der Waals surface area contributed by atoms with Crippen LogP contribution in [0.5, 0.6) is 0 Å². The summed E-state index contributed by atoms with van der Waals surface area (Å²) < 4.78 is 14.2. The summed E-state index contributed by atoms with van der Waals surface area (Å²) in [6, 6.07) is 0. The fourth-order valence-corrected chi connectivity index (χ4v) is 1.35. The summed E-state index contributed by atoms with van der Waals surface area (Å²) in [6.07, 6.45) is 2.09. The first kappa shape index (κ1) is 17.4. The van der Waals surface area contributed by atoms with Gasteiger partial charge in [0.25, 0.3) is 0 Å². The maximum atomic E-state index is 5.49. The van der Waals surface area contributed by atoms with Gasteiger partial charge >= 0.3 is 9.53 Å². The minimum absolute atomic E-state index is 0.124. The van der Waals surface area contributed by atoms with Crippen LogP contribution < -0.4 is 16.8 Å². The molecule has 0 bridgehead atoms. The molecule has 0 aliphatic carbocycles. The highest BCUT2D eigenvalue weighted by Crippen LogP contribution is 1.86. The molecule has 15 heavy (non-hydrogen) atoms. The van der Waals surface area contributed by atoms with Gasteiger partial charge in [-0.05, 0) is 26.4 Å². The number of nitrogens with one attached hydrogen (secondary N) is 1. The van der Waals surface area contributed by atoms with Gasteiger partial charge in [0.1, 0.15) is 0 Å². The highest BCUT2D eigenvalue weighted by Gasteiger charge is 2.04. The molecule has 0 aliphatic heterocycles. The van der Waals surface area contributed by atoms with Crippen molar-refractivity contribution >= 4 is 9.53 Å². The van der Waals surface area contributed by atoms with Crippen LogP contribution in [0, 0.1) is 0 Å². The molecule has 0 spiro atoms. The Labute approximate surface area is 94.2 Å². The van der Waals surface area contributed by atoms with Crippen molar-refractivity contribution in [3.63, 3.8) is 0 Å². The Bertz CT molecular complexity index is 112. The van der Waals surface area contributed by atoms with Gasteiger partial charge in [0.05, 0.1) is 6.17 Å². The Balaban J connectivity index is 0. The van der Waals surface area contributed by atoms with Gasteiger partial charge in [-0.15, -0.1) is 0 Å². The molecule has 0 aromatic carbocycles. The predicted molar refractivity (Wildman–Crippen MR) is 63.5 cm³/mol. The first-order chi connectivity index (χ1) is 7.15. The zero-order valence-electron chi connectivity index (χ0n) is 10.2. The van der Waals surface area contributed by atoms with Crippen LogP contribution in [0.1, 0.15) is 12.8 Å². The van der Waals surface area contributed by atoms with Crippen LogP contribution in [0.25, 0.3) is 0 Å². The molecule has 1 unspecified atom stereocenters. The second-order valence-electron chi connectivity index (χ2n) is 2.82. The van der Waals surface area contributed by atoms with E-state index in [1.54, 1.807) is 21.3 Å². The molecule has 0 aromatic rings. The fraction of sp³-hybridized carbons (Fsp3) is 1.00. The highest BCUT2D eigenvalue weighted by atomic mass is 28.3. The van der Waals surface area contributed by atoms with Crippen LogP contribution in [-0.4, -0.2) is 50.6 Å². The van der Waals surface area contributed by atoms with Gasteiger partial charge in [0.2, 0.25) is 0 Å². The number of hydrogen-bond donors (Lipinski definition) is 3. The average molecular weight is 239 g/mol. The summed E-state index contributed by atoms with van der Waals surface area (Å²) in [5, 5.41) is 2.92. The van der Waals surface area contributed by atoms with Crippen LogP contribution in [0.3, 0.4) is 0 Å². The largest absolute Gasteiger partial charge is 0.483 e. The van der Waals surface area contributed by atoms with E-state index in [1.165, 1.54) is 0 Å². The van der Waals surface area contributed by atoms with Crippen LogP contribution in [-0.2, 0) is 13.3 Å². The fourth-order valence-electron chi connectivity index (χ4n) is 0.771. The first-order valence-electron chi connectivity index (χ1n) is 4.87. The van der Waals surface area contributed by atoms with Crippen LogP contribution in [0.4, 0.5) is 0 Å². The normalized spacial score (nSPS) is 12.2. The quantitative estimate of drug-likeness (QED) is 0.385. The molecule has 1 atom stereocenters. The van der Waals surface area contributed by atoms with Crippen LogP contribution in [0.2, 0.25) is 0 Å². The number of hydrogen-bond acceptors (Lipinski definition) is 6. The van der Waals surface area contributed by atoms with E-state index in [-0.39, 0.29) is 6.17 Å². The third-order valence-electron chi connectivity index (χ3n) is 1.67. The van der Waals surface area contributed by atoms with Crippen molar-refractivity contribution in [2.45, 2.75) is 19.0 Å². The first-order valence-corrected chi connectivity index (χ1v) is 6.28. The van der Waals surface area contributed by atoms with Gasteiger partial charge < -0.3 is 30.1 Å². The van der Waals surface area contributed by atoms with Crippen molar-refractivity contribution in [3.8, 4) is 0 Å². The predicted octanol–water partition coefficient (Wildman–Crippen LogP) is -1.13. The van der Waals surface area contributed by atoms with E-state index in [0.29, 0.717) is 0 Å². The van der Waals surface area contributed by atoms with Crippen molar-refractivity contribution in [3.05, 3.63) is 0 Å². The topological polar surface area (TPSA) is 91.8 Å². The lowest BCUT2D eigenvalue weighted by atomic mass is 10.3. The van der Waals surface area contributed by atoms with Crippen molar-refractivity contribution in [2.24, 2.45) is 11.5 Å². The number of nitrogens with two attached hydrogens (primary N) is 2. The highest BCUT2D eigenvalue weighted by molar-refractivity contribution is 6.36. The SMILES string of the molecule is CNC(N)CCCN.CO[SiH](OC)OC. The van der Waals surface area contributed by atoms with Gasteiger partial charge in [-0.3, -0.25) is 0 Å². The summed E-state index contributed by atoms with van der Waals surface area (Å²) in [7, 11) is 4.90. The van der Waals surface area contributed by atoms with E-state index < -0.39 is 9.53 Å². The maximum Gasteiger partial charge on any atom is 0.483 e. The van der Waals surface area contributed by atoms with Crippen molar-refractivity contribution < 1.29 is 13.3 Å². The summed E-state index contributed by atoms with van der Waals surface area (Å²) in [5.41, 5.74) is 10.7. The second-order valence-corrected chi connectivity index (χ2v) is 4.81. The lowest BCUT2D eigenvalue weighted by Crippen LogP contribution is -2.34. The molecule has 5 N–H and O–H groups in total. The summed E-state index contributed by atoms with van der Waals surface area (Å²) >= 11 is 0. The van der Waals surface area contributed by atoms with E-state index in [0.717, 1.165) is 19.4 Å². The molecule has 0 saturated carbocycles. The zero-order chi connectivity index (χ0) is 12.1. The van der Waals surface area contributed by atoms with Crippen molar-refractivity contribution in [1.82, 2.24) is 5.32 Å². The molecular formula is C8H25N3O3Si. The maximum absolute atomic E-state index is 5.49. The third kappa shape index (κ3) is 14.0. The Morgan fingerprint density at radius 2 is 1.67 bits per heavy atom. The Morgan fingerprint density at radius 3 is 1.87 bits per heavy atom. The number of rotatable bonds is 7. The Kier molecular flexibility index (Phi) is 16.2. The molecule has 0 aromatic heterocycles. The molecule has 6 nitrogen and oxygen atoms in total. The minimum atomic E-state index is -1.67. The lowest BCUT2D eigenvalue weighted by molar-refractivity contribution is 0.163. The lowest BCUT2D eigenvalue weighted by Gasteiger charge is -2.07. The third-order valence-corrected chi connectivity index (χ3v) is 2.82. The van der Waals surface area contributed by atoms with Gasteiger partial charge in [-0.25, -0.2) is 0 Å². The average Bonchev–Trinajstić information content (AvgIpc) is 2.29. The Morgan fingerprint density at radius 1 is 1.20 bits per heavy atom. The molecule has 7 heteroatoms. The summed E-state index contributed by atoms with van der Waals surface area (Å²) in [4.78, 5) is 0. The molecule has 0 saturated heterocycles. The van der Waals surface area contributed by atoms with Gasteiger partial charge in [0.15, 0.2) is 0 Å². The molecule has 0 amide bonds. The van der Waals surface area contributed by atoms with E-state index in [2.05, 4.69) is 5.32 Å². The monoisotopic (exact) mass is 239 g/mol. The van der Waals surface area contributed by atoms with Gasteiger partial charge in [0, 0.05) is 21.3 Å². The van der Waals surface area contributed by atoms with Gasteiger partial charge in [-0.1, -0.05) is 0 Å². The molecule has 0 radical (unpaired) electrons. The molecule has 0 fully saturated rings. The van der Waals surface area contributed by atoms with E-state index in [1.807, 2.05) is 7.05 Å². The molecule has 0 rings (SSSR count). The van der Waals surface area contributed by atoms with E-state index in [4.69, 9.17) is 24.7 Å². The standard InChI is InChI=1S/C5H15N3.C3H10O3Si/c1-8-5(7)3-2-4-6;1-4-7(5-2)6-3/h5,8H,2-4,6-7H2,1H3;7H,1-3H3. The van der Waals surface area contributed by atoms with Crippen molar-refractivity contribution in [2.75, 3.05) is 34.9 Å². The Hall–Kier alpha value is -0.0231. The smallest absolute Gasteiger partial charge is 0.379 e. The second kappa shape index (κ2) is 14.0. The van der Waals surface area contributed by atoms with E-state index >= 15 is 0 Å². The van der Waals surface area contributed by atoms with Gasteiger partial charge in [-0.2, -0.15) is 0 Å². The molecule has 0 heterocycles. The van der Waals surface area contributed by atoms with Crippen LogP contribution in [0.15, 0.2) is 0 Å². The zero-order valence-corrected chi connectivity index (χ0v) is 11.3.